The standard InChI is InChI=1S/C18H25FN6/c1-11-5-6-14(9-16(11)19)12(2)21-18(22-15-7-8-15)20-10-17-24-23-13(3)25(17)4/h5-6,9,12,15H,7-8,10H2,1-4H3,(H2,20,21,22). The van der Waals surface area contributed by atoms with E-state index in [9.17, 15) is 4.39 Å². The monoisotopic (exact) mass is 344 g/mol. The lowest BCUT2D eigenvalue weighted by atomic mass is 10.1. The molecule has 7 heteroatoms. The molecule has 0 saturated heterocycles. The molecular formula is C18H25FN6. The summed E-state index contributed by atoms with van der Waals surface area (Å²) < 4.78 is 15.7. The number of guanidine groups is 1. The van der Waals surface area contributed by atoms with Gasteiger partial charge in [-0.25, -0.2) is 9.38 Å². The highest BCUT2D eigenvalue weighted by Gasteiger charge is 2.23. The van der Waals surface area contributed by atoms with Gasteiger partial charge in [0.2, 0.25) is 0 Å². The van der Waals surface area contributed by atoms with Crippen molar-refractivity contribution in [3.63, 3.8) is 0 Å². The molecule has 0 amide bonds. The summed E-state index contributed by atoms with van der Waals surface area (Å²) in [6.07, 6.45) is 2.30. The van der Waals surface area contributed by atoms with Gasteiger partial charge in [0.05, 0.1) is 6.04 Å². The van der Waals surface area contributed by atoms with Gasteiger partial charge in [-0.15, -0.1) is 10.2 Å². The van der Waals surface area contributed by atoms with Crippen LogP contribution in [0.2, 0.25) is 0 Å². The van der Waals surface area contributed by atoms with Crippen LogP contribution < -0.4 is 10.6 Å². The predicted molar refractivity (Wildman–Crippen MR) is 95.7 cm³/mol. The normalized spacial score (nSPS) is 16.0. The molecule has 1 saturated carbocycles. The van der Waals surface area contributed by atoms with Crippen molar-refractivity contribution in [1.29, 1.82) is 0 Å². The van der Waals surface area contributed by atoms with E-state index in [-0.39, 0.29) is 11.9 Å². The second kappa shape index (κ2) is 7.21. The molecule has 1 aromatic heterocycles. The van der Waals surface area contributed by atoms with Crippen molar-refractivity contribution in [2.24, 2.45) is 12.0 Å². The quantitative estimate of drug-likeness (QED) is 0.646. The fourth-order valence-corrected chi connectivity index (χ4v) is 2.46. The minimum absolute atomic E-state index is 0.0543. The van der Waals surface area contributed by atoms with Crippen LogP contribution in [0.4, 0.5) is 4.39 Å². The lowest BCUT2D eigenvalue weighted by molar-refractivity contribution is 0.607. The zero-order valence-corrected chi connectivity index (χ0v) is 15.2. The molecule has 2 N–H and O–H groups in total. The topological polar surface area (TPSA) is 67.1 Å². The first-order valence-electron chi connectivity index (χ1n) is 8.62. The Balaban J connectivity index is 1.72. The van der Waals surface area contributed by atoms with E-state index in [0.29, 0.717) is 18.2 Å². The van der Waals surface area contributed by atoms with Crippen molar-refractivity contribution >= 4 is 5.96 Å². The van der Waals surface area contributed by atoms with E-state index in [1.165, 1.54) is 0 Å². The van der Waals surface area contributed by atoms with Crippen LogP contribution in [-0.4, -0.2) is 26.8 Å². The molecule has 1 fully saturated rings. The molecule has 3 rings (SSSR count). The second-order valence-corrected chi connectivity index (χ2v) is 6.68. The Morgan fingerprint density at radius 2 is 2.12 bits per heavy atom. The van der Waals surface area contributed by atoms with Crippen molar-refractivity contribution in [2.45, 2.75) is 52.2 Å². The first kappa shape index (κ1) is 17.4. The van der Waals surface area contributed by atoms with Crippen LogP contribution in [0, 0.1) is 19.7 Å². The average Bonchev–Trinajstić information content (AvgIpc) is 3.34. The van der Waals surface area contributed by atoms with Gasteiger partial charge in [-0.05, 0) is 50.8 Å². The largest absolute Gasteiger partial charge is 0.354 e. The number of aliphatic imine (C=N–C) groups is 1. The molecule has 1 aliphatic rings. The number of aryl methyl sites for hydroxylation is 2. The van der Waals surface area contributed by atoms with Crippen LogP contribution in [-0.2, 0) is 13.6 Å². The van der Waals surface area contributed by atoms with Gasteiger partial charge in [0.15, 0.2) is 11.8 Å². The summed E-state index contributed by atoms with van der Waals surface area (Å²) in [5.74, 6) is 2.20. The van der Waals surface area contributed by atoms with Crippen molar-refractivity contribution in [3.05, 3.63) is 46.8 Å². The fourth-order valence-electron chi connectivity index (χ4n) is 2.46. The van der Waals surface area contributed by atoms with Crippen molar-refractivity contribution in [1.82, 2.24) is 25.4 Å². The van der Waals surface area contributed by atoms with E-state index in [1.807, 2.05) is 31.5 Å². The molecule has 1 unspecified atom stereocenters. The van der Waals surface area contributed by atoms with Crippen LogP contribution in [0.3, 0.4) is 0 Å². The van der Waals surface area contributed by atoms with Crippen LogP contribution in [0.25, 0.3) is 0 Å². The van der Waals surface area contributed by atoms with Crippen molar-refractivity contribution in [3.8, 4) is 0 Å². The molecule has 134 valence electrons. The van der Waals surface area contributed by atoms with E-state index in [2.05, 4.69) is 25.8 Å². The van der Waals surface area contributed by atoms with Crippen molar-refractivity contribution < 1.29 is 4.39 Å². The fraction of sp³-hybridized carbons (Fsp3) is 0.500. The minimum atomic E-state index is -0.186. The number of hydrogen-bond donors (Lipinski definition) is 2. The van der Waals surface area contributed by atoms with Gasteiger partial charge in [0, 0.05) is 13.1 Å². The number of aromatic nitrogens is 3. The maximum absolute atomic E-state index is 13.8. The van der Waals surface area contributed by atoms with Gasteiger partial charge >= 0.3 is 0 Å². The zero-order valence-electron chi connectivity index (χ0n) is 15.2. The lowest BCUT2D eigenvalue weighted by Crippen LogP contribution is -2.40. The molecule has 1 aliphatic carbocycles. The Kier molecular flexibility index (Phi) is 5.01. The smallest absolute Gasteiger partial charge is 0.192 e. The molecule has 0 radical (unpaired) electrons. The predicted octanol–water partition coefficient (Wildman–Crippen LogP) is 2.53. The minimum Gasteiger partial charge on any atom is -0.354 e. The van der Waals surface area contributed by atoms with Gasteiger partial charge < -0.3 is 15.2 Å². The summed E-state index contributed by atoms with van der Waals surface area (Å²) in [6.45, 7) is 6.12. The average molecular weight is 344 g/mol. The van der Waals surface area contributed by atoms with Gasteiger partial charge in [-0.3, -0.25) is 0 Å². The number of benzene rings is 1. The number of hydrogen-bond acceptors (Lipinski definition) is 3. The molecule has 1 atom stereocenters. The SMILES string of the molecule is Cc1ccc(C(C)NC(=NCc2nnc(C)n2C)NC2CC2)cc1F. The molecule has 1 heterocycles. The third kappa shape index (κ3) is 4.35. The summed E-state index contributed by atoms with van der Waals surface area (Å²) in [7, 11) is 1.93. The highest BCUT2D eigenvalue weighted by molar-refractivity contribution is 5.80. The summed E-state index contributed by atoms with van der Waals surface area (Å²) in [5, 5.41) is 15.0. The molecule has 6 nitrogen and oxygen atoms in total. The first-order valence-corrected chi connectivity index (χ1v) is 8.62. The van der Waals surface area contributed by atoms with Gasteiger partial charge in [0.25, 0.3) is 0 Å². The Morgan fingerprint density at radius 3 is 2.72 bits per heavy atom. The van der Waals surface area contributed by atoms with E-state index in [4.69, 9.17) is 0 Å². The Hall–Kier alpha value is -2.44. The third-order valence-corrected chi connectivity index (χ3v) is 4.53. The van der Waals surface area contributed by atoms with E-state index >= 15 is 0 Å². The first-order chi connectivity index (χ1) is 11.9. The number of nitrogens with one attached hydrogen (secondary N) is 2. The Morgan fingerprint density at radius 1 is 1.36 bits per heavy atom. The Labute approximate surface area is 147 Å². The van der Waals surface area contributed by atoms with E-state index in [1.54, 1.807) is 19.1 Å². The molecule has 0 spiro atoms. The van der Waals surface area contributed by atoms with Gasteiger partial charge in [-0.1, -0.05) is 12.1 Å². The van der Waals surface area contributed by atoms with E-state index in [0.717, 1.165) is 36.0 Å². The summed E-state index contributed by atoms with van der Waals surface area (Å²) in [5.41, 5.74) is 1.54. The summed E-state index contributed by atoms with van der Waals surface area (Å²) in [6, 6.07) is 5.73. The van der Waals surface area contributed by atoms with Crippen molar-refractivity contribution in [2.75, 3.05) is 0 Å². The second-order valence-electron chi connectivity index (χ2n) is 6.68. The van der Waals surface area contributed by atoms with Gasteiger partial charge in [0.1, 0.15) is 18.2 Å². The molecule has 1 aromatic carbocycles. The summed E-state index contributed by atoms with van der Waals surface area (Å²) in [4.78, 5) is 4.63. The van der Waals surface area contributed by atoms with Crippen LogP contribution in [0.5, 0.6) is 0 Å². The molecule has 2 aromatic rings. The maximum Gasteiger partial charge on any atom is 0.192 e. The van der Waals surface area contributed by atoms with Crippen LogP contribution in [0.15, 0.2) is 23.2 Å². The van der Waals surface area contributed by atoms with Crippen LogP contribution >= 0.6 is 0 Å². The zero-order chi connectivity index (χ0) is 18.0. The van der Waals surface area contributed by atoms with E-state index < -0.39 is 0 Å². The number of rotatable bonds is 5. The highest BCUT2D eigenvalue weighted by atomic mass is 19.1. The molecule has 0 bridgehead atoms. The molecule has 25 heavy (non-hydrogen) atoms. The number of halogens is 1. The highest BCUT2D eigenvalue weighted by Crippen LogP contribution is 2.20. The maximum atomic E-state index is 13.8. The number of nitrogens with zero attached hydrogens (tertiary/aromatic N) is 4. The molecular weight excluding hydrogens is 319 g/mol. The third-order valence-electron chi connectivity index (χ3n) is 4.53. The summed E-state index contributed by atoms with van der Waals surface area (Å²) >= 11 is 0. The molecule has 0 aliphatic heterocycles. The van der Waals surface area contributed by atoms with Gasteiger partial charge in [-0.2, -0.15) is 0 Å². The van der Waals surface area contributed by atoms with Crippen LogP contribution in [0.1, 0.15) is 48.6 Å². The lowest BCUT2D eigenvalue weighted by Gasteiger charge is -2.19. The Bertz CT molecular complexity index is 778.